The maximum atomic E-state index is 13.0. The first-order valence-corrected chi connectivity index (χ1v) is 14.0. The SMILES string of the molecule is C[C@H]1C(=O)CC[C@@H]2[C@]1(C)CC[C@H]1[C@@]2(C)CC[C@@]2(C)[C@@H]3C[C@]4(C)CC[C@@]3(CC[C@]12C)COC4=O. The van der Waals surface area contributed by atoms with Crippen LogP contribution in [0.5, 0.6) is 0 Å². The van der Waals surface area contributed by atoms with Crippen molar-refractivity contribution in [1.82, 2.24) is 0 Å². The number of carbonyl (C=O) groups excluding carboxylic acids is 2. The topological polar surface area (TPSA) is 43.4 Å². The van der Waals surface area contributed by atoms with Crippen molar-refractivity contribution in [3.63, 3.8) is 0 Å². The van der Waals surface area contributed by atoms with E-state index in [4.69, 9.17) is 4.74 Å². The molecule has 184 valence electrons. The summed E-state index contributed by atoms with van der Waals surface area (Å²) in [5.41, 5.74) is 1.02. The molecule has 5 saturated carbocycles. The molecule has 2 saturated heterocycles. The van der Waals surface area contributed by atoms with Crippen LogP contribution in [0.3, 0.4) is 0 Å². The molecular formula is C30H46O3. The van der Waals surface area contributed by atoms with Crippen LogP contribution < -0.4 is 0 Å². The number of carbonyl (C=O) groups is 2. The minimum absolute atomic E-state index is 0.0778. The van der Waals surface area contributed by atoms with Gasteiger partial charge in [0, 0.05) is 17.8 Å². The molecule has 5 aliphatic carbocycles. The molecule has 33 heavy (non-hydrogen) atoms. The van der Waals surface area contributed by atoms with E-state index in [1.54, 1.807) is 0 Å². The van der Waals surface area contributed by atoms with Crippen LogP contribution in [0.25, 0.3) is 0 Å². The first-order valence-electron chi connectivity index (χ1n) is 14.0. The fourth-order valence-corrected chi connectivity index (χ4v) is 11.6. The van der Waals surface area contributed by atoms with E-state index in [0.29, 0.717) is 35.1 Å². The summed E-state index contributed by atoms with van der Waals surface area (Å²) in [5, 5.41) is 0. The number of hydrogen-bond acceptors (Lipinski definition) is 3. The molecule has 1 spiro atoms. The van der Waals surface area contributed by atoms with Gasteiger partial charge in [-0.2, -0.15) is 0 Å². The van der Waals surface area contributed by atoms with E-state index < -0.39 is 0 Å². The largest absolute Gasteiger partial charge is 0.465 e. The molecule has 7 fully saturated rings. The van der Waals surface area contributed by atoms with E-state index in [-0.39, 0.29) is 33.5 Å². The molecular weight excluding hydrogens is 408 g/mol. The lowest BCUT2D eigenvalue weighted by Gasteiger charge is -2.74. The van der Waals surface area contributed by atoms with E-state index in [1.807, 2.05) is 0 Å². The Morgan fingerprint density at radius 2 is 1.39 bits per heavy atom. The van der Waals surface area contributed by atoms with Crippen LogP contribution in [-0.4, -0.2) is 18.4 Å². The average Bonchev–Trinajstić information content (AvgIpc) is 2.96. The Labute approximate surface area is 201 Å². The van der Waals surface area contributed by atoms with Gasteiger partial charge in [-0.1, -0.05) is 34.6 Å². The lowest BCUT2D eigenvalue weighted by atomic mass is 9.30. The van der Waals surface area contributed by atoms with Crippen LogP contribution in [-0.2, 0) is 14.3 Å². The molecule has 0 aromatic carbocycles. The van der Waals surface area contributed by atoms with Gasteiger partial charge in [0.1, 0.15) is 5.78 Å². The van der Waals surface area contributed by atoms with Gasteiger partial charge in [0.25, 0.3) is 0 Å². The van der Waals surface area contributed by atoms with Crippen LogP contribution >= 0.6 is 0 Å². The van der Waals surface area contributed by atoms with E-state index in [0.717, 1.165) is 31.6 Å². The van der Waals surface area contributed by atoms with Gasteiger partial charge >= 0.3 is 5.97 Å². The van der Waals surface area contributed by atoms with E-state index in [2.05, 4.69) is 41.5 Å². The Morgan fingerprint density at radius 1 is 0.727 bits per heavy atom. The summed E-state index contributed by atoms with van der Waals surface area (Å²) in [6, 6.07) is 0. The van der Waals surface area contributed by atoms with E-state index in [1.165, 1.54) is 44.9 Å². The summed E-state index contributed by atoms with van der Waals surface area (Å²) in [5.74, 6) is 2.79. The van der Waals surface area contributed by atoms with Crippen molar-refractivity contribution in [2.75, 3.05) is 6.61 Å². The van der Waals surface area contributed by atoms with Gasteiger partial charge in [0.05, 0.1) is 12.0 Å². The van der Waals surface area contributed by atoms with Crippen molar-refractivity contribution in [3.05, 3.63) is 0 Å². The molecule has 10 atom stereocenters. The summed E-state index contributed by atoms with van der Waals surface area (Å²) in [6.45, 7) is 15.5. The standard InChI is InChI=1S/C30H46O3/c1-19-20(31)7-8-21-26(19,3)10-9-22-27(21,4)12-13-29(6)23-17-25(2)11-15-30(23,18-33-24(25)32)16-14-28(22,29)5/h19,21-23H,7-18H2,1-6H3/t19-,21+,22-,23-,25-,26+,27-,28+,29-,30+/m0/s1. The lowest BCUT2D eigenvalue weighted by Crippen LogP contribution is -2.68. The highest BCUT2D eigenvalue weighted by Gasteiger charge is 2.72. The molecule has 7 rings (SSSR count). The number of esters is 1. The normalized spacial score (nSPS) is 60.1. The quantitative estimate of drug-likeness (QED) is 0.371. The summed E-state index contributed by atoms with van der Waals surface area (Å²) < 4.78 is 5.97. The molecule has 3 heteroatoms. The molecule has 2 heterocycles. The fraction of sp³-hybridized carbons (Fsp3) is 0.933. The minimum Gasteiger partial charge on any atom is -0.465 e. The molecule has 0 N–H and O–H groups in total. The van der Waals surface area contributed by atoms with Gasteiger partial charge in [-0.15, -0.1) is 0 Å². The second kappa shape index (κ2) is 6.47. The number of Topliss-reactive ketones (excluding diaryl/α,β-unsaturated/α-hetero) is 1. The zero-order valence-corrected chi connectivity index (χ0v) is 22.0. The minimum atomic E-state index is -0.281. The number of rotatable bonds is 0. The zero-order chi connectivity index (χ0) is 23.7. The molecule has 7 aliphatic rings. The first-order chi connectivity index (χ1) is 15.3. The Hall–Kier alpha value is -0.860. The smallest absolute Gasteiger partial charge is 0.311 e. The van der Waals surface area contributed by atoms with E-state index in [9.17, 15) is 9.59 Å². The van der Waals surface area contributed by atoms with Crippen molar-refractivity contribution in [2.24, 2.45) is 56.2 Å². The third-order valence-electron chi connectivity index (χ3n) is 14.2. The van der Waals surface area contributed by atoms with Gasteiger partial charge in [0.15, 0.2) is 0 Å². The molecule has 0 aromatic heterocycles. The maximum absolute atomic E-state index is 13.0. The Balaban J connectivity index is 1.41. The Morgan fingerprint density at radius 3 is 2.15 bits per heavy atom. The lowest BCUT2D eigenvalue weighted by molar-refractivity contribution is -0.257. The highest BCUT2D eigenvalue weighted by Crippen LogP contribution is 2.78. The second-order valence-corrected chi connectivity index (χ2v) is 15.0. The Kier molecular flexibility index (Phi) is 4.43. The third kappa shape index (κ3) is 2.49. The molecule has 0 aromatic rings. The predicted molar refractivity (Wildman–Crippen MR) is 129 cm³/mol. The zero-order valence-electron chi connectivity index (χ0n) is 22.0. The number of fused-ring (bicyclic) bond motifs is 8. The van der Waals surface area contributed by atoms with Gasteiger partial charge < -0.3 is 4.74 Å². The van der Waals surface area contributed by atoms with Gasteiger partial charge in [-0.25, -0.2) is 0 Å². The third-order valence-corrected chi connectivity index (χ3v) is 14.2. The van der Waals surface area contributed by atoms with Crippen LogP contribution in [0.4, 0.5) is 0 Å². The van der Waals surface area contributed by atoms with Crippen LogP contribution in [0.2, 0.25) is 0 Å². The number of ketones is 1. The molecule has 0 amide bonds. The van der Waals surface area contributed by atoms with Crippen LogP contribution in [0.1, 0.15) is 112 Å². The molecule has 2 bridgehead atoms. The van der Waals surface area contributed by atoms with Crippen molar-refractivity contribution in [2.45, 2.75) is 112 Å². The van der Waals surface area contributed by atoms with Crippen molar-refractivity contribution in [1.29, 1.82) is 0 Å². The summed E-state index contributed by atoms with van der Waals surface area (Å²) >= 11 is 0. The molecule has 2 aliphatic heterocycles. The van der Waals surface area contributed by atoms with Crippen molar-refractivity contribution in [3.8, 4) is 0 Å². The van der Waals surface area contributed by atoms with Gasteiger partial charge in [-0.3, -0.25) is 9.59 Å². The van der Waals surface area contributed by atoms with Crippen molar-refractivity contribution < 1.29 is 14.3 Å². The highest BCUT2D eigenvalue weighted by atomic mass is 16.5. The number of hydrogen-bond donors (Lipinski definition) is 0. The van der Waals surface area contributed by atoms with Gasteiger partial charge in [-0.05, 0) is 111 Å². The van der Waals surface area contributed by atoms with Crippen molar-refractivity contribution >= 4 is 11.8 Å². The highest BCUT2D eigenvalue weighted by molar-refractivity contribution is 5.82. The van der Waals surface area contributed by atoms with E-state index >= 15 is 0 Å². The fourth-order valence-electron chi connectivity index (χ4n) is 11.6. The predicted octanol–water partition coefficient (Wildman–Crippen LogP) is 6.97. The summed E-state index contributed by atoms with van der Waals surface area (Å²) in [4.78, 5) is 25.7. The summed E-state index contributed by atoms with van der Waals surface area (Å²) in [7, 11) is 0. The second-order valence-electron chi connectivity index (χ2n) is 15.0. The van der Waals surface area contributed by atoms with Gasteiger partial charge in [0.2, 0.25) is 0 Å². The first kappa shape index (κ1) is 22.6. The van der Waals surface area contributed by atoms with Crippen LogP contribution in [0.15, 0.2) is 0 Å². The average molecular weight is 455 g/mol. The Bertz CT molecular complexity index is 910. The molecule has 0 radical (unpaired) electrons. The molecule has 0 unspecified atom stereocenters. The number of ether oxygens (including phenoxy) is 1. The molecule has 3 nitrogen and oxygen atoms in total. The summed E-state index contributed by atoms with van der Waals surface area (Å²) in [6.07, 6.45) is 12.7. The monoisotopic (exact) mass is 454 g/mol. The van der Waals surface area contributed by atoms with Crippen LogP contribution in [0, 0.1) is 56.2 Å². The maximum Gasteiger partial charge on any atom is 0.311 e.